The molecule has 0 aliphatic rings. The first kappa shape index (κ1) is 18.3. The van der Waals surface area contributed by atoms with Gasteiger partial charge in [-0.3, -0.25) is 0 Å². The fraction of sp³-hybridized carbons (Fsp3) is 0. The van der Waals surface area contributed by atoms with Gasteiger partial charge in [-0.25, -0.2) is 14.4 Å². The van der Waals surface area contributed by atoms with Crippen LogP contribution < -0.4 is 5.32 Å². The summed E-state index contributed by atoms with van der Waals surface area (Å²) in [6, 6.07) is 21.0. The van der Waals surface area contributed by atoms with E-state index in [1.807, 2.05) is 36.4 Å². The molecule has 0 amide bonds. The third kappa shape index (κ3) is 3.60. The quantitative estimate of drug-likeness (QED) is 0.363. The fourth-order valence-electron chi connectivity index (χ4n) is 3.15. The fourth-order valence-corrected chi connectivity index (χ4v) is 3.28. The lowest BCUT2D eigenvalue weighted by molar-refractivity contribution is 0.441. The third-order valence-corrected chi connectivity index (χ3v) is 4.89. The summed E-state index contributed by atoms with van der Waals surface area (Å²) in [6.07, 6.45) is 1.69. The van der Waals surface area contributed by atoms with Crippen molar-refractivity contribution in [3.63, 3.8) is 0 Å². The Balaban J connectivity index is 1.51. The molecule has 5 nitrogen and oxygen atoms in total. The minimum Gasteiger partial charge on any atom is -0.355 e. The maximum Gasteiger partial charge on any atom is 0.227 e. The van der Waals surface area contributed by atoms with Crippen LogP contribution in [0.1, 0.15) is 0 Å². The molecule has 0 radical (unpaired) electrons. The molecule has 7 heteroatoms. The molecular formula is C23H14ClFN4O. The number of fused-ring (bicyclic) bond motifs is 1. The second-order valence-corrected chi connectivity index (χ2v) is 7.08. The van der Waals surface area contributed by atoms with Gasteiger partial charge in [0.1, 0.15) is 11.3 Å². The van der Waals surface area contributed by atoms with Crippen LogP contribution >= 0.6 is 11.6 Å². The molecule has 146 valence electrons. The first-order chi connectivity index (χ1) is 14.7. The minimum atomic E-state index is -0.301. The van der Waals surface area contributed by atoms with Crippen molar-refractivity contribution in [1.82, 2.24) is 15.1 Å². The predicted molar refractivity (Wildman–Crippen MR) is 115 cm³/mol. The van der Waals surface area contributed by atoms with Gasteiger partial charge in [-0.1, -0.05) is 22.8 Å². The van der Waals surface area contributed by atoms with Gasteiger partial charge in [-0.2, -0.15) is 0 Å². The number of hydrogen-bond acceptors (Lipinski definition) is 5. The highest BCUT2D eigenvalue weighted by atomic mass is 35.5. The summed E-state index contributed by atoms with van der Waals surface area (Å²) < 4.78 is 18.8. The monoisotopic (exact) mass is 416 g/mol. The van der Waals surface area contributed by atoms with E-state index in [4.69, 9.17) is 16.1 Å². The molecular weight excluding hydrogens is 403 g/mol. The average molecular weight is 417 g/mol. The maximum atomic E-state index is 13.3. The van der Waals surface area contributed by atoms with Crippen molar-refractivity contribution in [2.45, 2.75) is 0 Å². The molecule has 30 heavy (non-hydrogen) atoms. The Morgan fingerprint density at radius 2 is 1.63 bits per heavy atom. The standard InChI is InChI=1S/C23H14ClFN4O/c24-16-4-8-18(9-5-16)27-23-26-12-11-20(28-23)15-3-10-21-19(13-15)22(30-29-21)14-1-6-17(25)7-2-14/h1-13H,(H,26,27,28). The lowest BCUT2D eigenvalue weighted by Gasteiger charge is -2.07. The molecule has 0 atom stereocenters. The van der Waals surface area contributed by atoms with Gasteiger partial charge in [0.15, 0.2) is 5.76 Å². The van der Waals surface area contributed by atoms with E-state index in [1.54, 1.807) is 30.5 Å². The zero-order valence-electron chi connectivity index (χ0n) is 15.5. The van der Waals surface area contributed by atoms with Gasteiger partial charge < -0.3 is 9.84 Å². The van der Waals surface area contributed by atoms with Crippen molar-refractivity contribution in [2.75, 3.05) is 5.32 Å². The van der Waals surface area contributed by atoms with Crippen molar-refractivity contribution < 1.29 is 8.91 Å². The Morgan fingerprint density at radius 1 is 0.867 bits per heavy atom. The Kier molecular flexibility index (Phi) is 4.61. The van der Waals surface area contributed by atoms with Crippen LogP contribution in [-0.2, 0) is 0 Å². The predicted octanol–water partition coefficient (Wildman–Crippen LogP) is 6.49. The molecule has 0 fully saturated rings. The summed E-state index contributed by atoms with van der Waals surface area (Å²) in [5.74, 6) is 0.754. The number of anilines is 2. The number of nitrogens with zero attached hydrogens (tertiary/aromatic N) is 3. The Labute approximate surface area is 176 Å². The molecule has 1 N–H and O–H groups in total. The normalized spacial score (nSPS) is 11.0. The lowest BCUT2D eigenvalue weighted by Crippen LogP contribution is -1.97. The molecule has 0 unspecified atom stereocenters. The summed E-state index contributed by atoms with van der Waals surface area (Å²) in [5, 5.41) is 8.76. The first-order valence-corrected chi connectivity index (χ1v) is 9.55. The summed E-state index contributed by atoms with van der Waals surface area (Å²) in [7, 11) is 0. The number of halogens is 2. The van der Waals surface area contributed by atoms with E-state index < -0.39 is 0 Å². The molecule has 0 bridgehead atoms. The van der Waals surface area contributed by atoms with Gasteiger partial charge in [-0.15, -0.1) is 0 Å². The van der Waals surface area contributed by atoms with Crippen molar-refractivity contribution in [3.8, 4) is 22.6 Å². The van der Waals surface area contributed by atoms with E-state index in [9.17, 15) is 4.39 Å². The van der Waals surface area contributed by atoms with Gasteiger partial charge in [0, 0.05) is 28.0 Å². The Hall–Kier alpha value is -3.77. The van der Waals surface area contributed by atoms with Gasteiger partial charge in [-0.05, 0) is 66.7 Å². The Bertz CT molecular complexity index is 1330. The number of nitrogens with one attached hydrogen (secondary N) is 1. The van der Waals surface area contributed by atoms with Crippen LogP contribution in [0, 0.1) is 5.82 Å². The van der Waals surface area contributed by atoms with E-state index in [0.717, 1.165) is 27.9 Å². The third-order valence-electron chi connectivity index (χ3n) is 4.63. The van der Waals surface area contributed by atoms with Crippen molar-refractivity contribution >= 4 is 34.1 Å². The van der Waals surface area contributed by atoms with E-state index in [2.05, 4.69) is 20.4 Å². The van der Waals surface area contributed by atoms with E-state index in [-0.39, 0.29) is 5.82 Å². The van der Waals surface area contributed by atoms with Crippen molar-refractivity contribution in [1.29, 1.82) is 0 Å². The molecule has 0 aliphatic carbocycles. The molecule has 2 aromatic heterocycles. The Morgan fingerprint density at radius 3 is 2.43 bits per heavy atom. The zero-order valence-corrected chi connectivity index (χ0v) is 16.3. The van der Waals surface area contributed by atoms with Gasteiger partial charge in [0.2, 0.25) is 5.95 Å². The zero-order chi connectivity index (χ0) is 20.5. The van der Waals surface area contributed by atoms with Crippen LogP contribution in [-0.4, -0.2) is 15.1 Å². The molecule has 2 heterocycles. The first-order valence-electron chi connectivity index (χ1n) is 9.17. The average Bonchev–Trinajstić information content (AvgIpc) is 3.19. The number of benzene rings is 3. The highest BCUT2D eigenvalue weighted by Crippen LogP contribution is 2.32. The SMILES string of the molecule is Fc1ccc(-c2onc3ccc(-c4ccnc(Nc5ccc(Cl)cc5)n4)cc23)cc1. The summed E-state index contributed by atoms with van der Waals surface area (Å²) >= 11 is 5.93. The van der Waals surface area contributed by atoms with Crippen LogP contribution in [0.25, 0.3) is 33.5 Å². The van der Waals surface area contributed by atoms with Crippen LogP contribution in [0.3, 0.4) is 0 Å². The molecule has 0 spiro atoms. The van der Waals surface area contributed by atoms with Crippen LogP contribution in [0.4, 0.5) is 16.0 Å². The smallest absolute Gasteiger partial charge is 0.227 e. The maximum absolute atomic E-state index is 13.3. The molecule has 0 aliphatic heterocycles. The molecule has 5 aromatic rings. The summed E-state index contributed by atoms with van der Waals surface area (Å²) in [6.45, 7) is 0. The van der Waals surface area contributed by atoms with Gasteiger partial charge in [0.05, 0.1) is 11.1 Å². The second-order valence-electron chi connectivity index (χ2n) is 6.65. The number of hydrogen-bond donors (Lipinski definition) is 1. The molecule has 0 saturated carbocycles. The number of rotatable bonds is 4. The summed E-state index contributed by atoms with van der Waals surface area (Å²) in [4.78, 5) is 8.90. The van der Waals surface area contributed by atoms with Crippen LogP contribution in [0.5, 0.6) is 0 Å². The van der Waals surface area contributed by atoms with Crippen LogP contribution in [0.15, 0.2) is 83.5 Å². The lowest BCUT2D eigenvalue weighted by atomic mass is 10.0. The molecule has 0 saturated heterocycles. The van der Waals surface area contributed by atoms with Crippen molar-refractivity contribution in [3.05, 3.63) is 89.8 Å². The van der Waals surface area contributed by atoms with E-state index >= 15 is 0 Å². The number of aromatic nitrogens is 3. The minimum absolute atomic E-state index is 0.301. The molecule has 5 rings (SSSR count). The topological polar surface area (TPSA) is 63.8 Å². The second kappa shape index (κ2) is 7.57. The highest BCUT2D eigenvalue weighted by Gasteiger charge is 2.13. The van der Waals surface area contributed by atoms with Gasteiger partial charge in [0.25, 0.3) is 0 Å². The van der Waals surface area contributed by atoms with Crippen LogP contribution in [0.2, 0.25) is 5.02 Å². The van der Waals surface area contributed by atoms with E-state index in [1.165, 1.54) is 12.1 Å². The summed E-state index contributed by atoms with van der Waals surface area (Å²) in [5.41, 5.74) is 3.94. The van der Waals surface area contributed by atoms with Crippen molar-refractivity contribution in [2.24, 2.45) is 0 Å². The largest absolute Gasteiger partial charge is 0.355 e. The highest BCUT2D eigenvalue weighted by molar-refractivity contribution is 6.30. The van der Waals surface area contributed by atoms with E-state index in [0.29, 0.717) is 22.2 Å². The molecule has 3 aromatic carbocycles. The van der Waals surface area contributed by atoms with Gasteiger partial charge >= 0.3 is 0 Å².